The van der Waals surface area contributed by atoms with E-state index < -0.39 is 11.9 Å². The standard InChI is InChI=1S/C9H11N3O2/c1-6(8(10)13)12-9(14)7-3-2-4-11-5-7/h2-6H,1H3,(H2,10,13)(H,12,14)/t6-/m0/s1. The fourth-order valence-corrected chi connectivity index (χ4v) is 0.848. The van der Waals surface area contributed by atoms with E-state index in [1.165, 1.54) is 13.1 Å². The van der Waals surface area contributed by atoms with Crippen LogP contribution in [0.2, 0.25) is 0 Å². The molecule has 0 fully saturated rings. The first-order valence-corrected chi connectivity index (χ1v) is 4.11. The van der Waals surface area contributed by atoms with E-state index in [4.69, 9.17) is 5.73 Å². The summed E-state index contributed by atoms with van der Waals surface area (Å²) in [4.78, 5) is 25.8. The predicted octanol–water partition coefficient (Wildman–Crippen LogP) is -0.315. The minimum atomic E-state index is -0.678. The summed E-state index contributed by atoms with van der Waals surface area (Å²) < 4.78 is 0. The number of hydrogen-bond acceptors (Lipinski definition) is 3. The first-order chi connectivity index (χ1) is 6.61. The number of hydrogen-bond donors (Lipinski definition) is 2. The fourth-order valence-electron chi connectivity index (χ4n) is 0.848. The molecule has 14 heavy (non-hydrogen) atoms. The maximum atomic E-state index is 11.4. The second kappa shape index (κ2) is 4.36. The van der Waals surface area contributed by atoms with E-state index in [2.05, 4.69) is 10.3 Å². The van der Waals surface area contributed by atoms with Crippen LogP contribution >= 0.6 is 0 Å². The van der Waals surface area contributed by atoms with Crippen molar-refractivity contribution in [2.24, 2.45) is 5.73 Å². The van der Waals surface area contributed by atoms with Crippen molar-refractivity contribution in [2.45, 2.75) is 13.0 Å². The van der Waals surface area contributed by atoms with Gasteiger partial charge in [-0.3, -0.25) is 14.6 Å². The molecule has 1 heterocycles. The van der Waals surface area contributed by atoms with E-state index in [1.807, 2.05) is 0 Å². The SMILES string of the molecule is C[C@H](NC(=O)c1cccnc1)C(N)=O. The number of carbonyl (C=O) groups excluding carboxylic acids is 2. The molecule has 5 nitrogen and oxygen atoms in total. The minimum absolute atomic E-state index is 0.357. The Kier molecular flexibility index (Phi) is 3.17. The molecule has 0 aliphatic carbocycles. The van der Waals surface area contributed by atoms with Gasteiger partial charge in [0.05, 0.1) is 5.56 Å². The number of aromatic nitrogens is 1. The smallest absolute Gasteiger partial charge is 0.253 e. The van der Waals surface area contributed by atoms with Crippen LogP contribution in [0.1, 0.15) is 17.3 Å². The number of rotatable bonds is 3. The third-order valence-corrected chi connectivity index (χ3v) is 1.70. The van der Waals surface area contributed by atoms with Gasteiger partial charge in [-0.25, -0.2) is 0 Å². The van der Waals surface area contributed by atoms with E-state index in [-0.39, 0.29) is 5.91 Å². The third kappa shape index (κ3) is 2.55. The average molecular weight is 193 g/mol. The molecule has 1 atom stereocenters. The van der Waals surface area contributed by atoms with Crippen LogP contribution in [-0.2, 0) is 4.79 Å². The quantitative estimate of drug-likeness (QED) is 0.690. The van der Waals surface area contributed by atoms with Gasteiger partial charge >= 0.3 is 0 Å². The van der Waals surface area contributed by atoms with Gasteiger partial charge in [-0.05, 0) is 19.1 Å². The molecule has 0 saturated carbocycles. The average Bonchev–Trinajstić information content (AvgIpc) is 2.19. The summed E-state index contributed by atoms with van der Waals surface area (Å²) in [6, 6.07) is 2.57. The molecule has 0 aliphatic rings. The minimum Gasteiger partial charge on any atom is -0.368 e. The molecule has 0 radical (unpaired) electrons. The Labute approximate surface area is 81.3 Å². The first kappa shape index (κ1) is 10.2. The molecule has 0 aliphatic heterocycles. The van der Waals surface area contributed by atoms with Crippen molar-refractivity contribution in [2.75, 3.05) is 0 Å². The van der Waals surface area contributed by atoms with Gasteiger partial charge in [0.2, 0.25) is 5.91 Å². The number of pyridine rings is 1. The van der Waals surface area contributed by atoms with Gasteiger partial charge in [-0.2, -0.15) is 0 Å². The topological polar surface area (TPSA) is 85.1 Å². The molecule has 3 N–H and O–H groups in total. The third-order valence-electron chi connectivity index (χ3n) is 1.70. The zero-order chi connectivity index (χ0) is 10.6. The molecule has 0 spiro atoms. The van der Waals surface area contributed by atoms with Crippen molar-refractivity contribution in [3.05, 3.63) is 30.1 Å². The second-order valence-electron chi connectivity index (χ2n) is 2.84. The molecule has 0 unspecified atom stereocenters. The van der Waals surface area contributed by atoms with Crippen LogP contribution in [0.25, 0.3) is 0 Å². The van der Waals surface area contributed by atoms with E-state index in [1.54, 1.807) is 18.3 Å². The van der Waals surface area contributed by atoms with Gasteiger partial charge < -0.3 is 11.1 Å². The van der Waals surface area contributed by atoms with E-state index in [9.17, 15) is 9.59 Å². The van der Waals surface area contributed by atoms with Gasteiger partial charge in [0.15, 0.2) is 0 Å². The van der Waals surface area contributed by atoms with Crippen LogP contribution in [0.15, 0.2) is 24.5 Å². The van der Waals surface area contributed by atoms with E-state index in [0.717, 1.165) is 0 Å². The zero-order valence-corrected chi connectivity index (χ0v) is 7.73. The molecule has 2 amide bonds. The predicted molar refractivity (Wildman–Crippen MR) is 50.4 cm³/mol. The maximum Gasteiger partial charge on any atom is 0.253 e. The first-order valence-electron chi connectivity index (χ1n) is 4.11. The molecule has 0 saturated heterocycles. The lowest BCUT2D eigenvalue weighted by Crippen LogP contribution is -2.42. The van der Waals surface area contributed by atoms with Crippen LogP contribution in [-0.4, -0.2) is 22.8 Å². The summed E-state index contributed by atoms with van der Waals surface area (Å²) in [5.41, 5.74) is 5.40. The number of carbonyl (C=O) groups is 2. The normalized spacial score (nSPS) is 11.8. The summed E-state index contributed by atoms with van der Waals surface area (Å²) in [7, 11) is 0. The Morgan fingerprint density at radius 3 is 2.79 bits per heavy atom. The highest BCUT2D eigenvalue weighted by Gasteiger charge is 2.13. The molecule has 0 aromatic carbocycles. The van der Waals surface area contributed by atoms with Gasteiger partial charge in [0, 0.05) is 12.4 Å². The largest absolute Gasteiger partial charge is 0.368 e. The molecule has 1 aromatic heterocycles. The summed E-state index contributed by atoms with van der Waals surface area (Å²) in [5, 5.41) is 2.44. The second-order valence-corrected chi connectivity index (χ2v) is 2.84. The monoisotopic (exact) mass is 193 g/mol. The Hall–Kier alpha value is -1.91. The molecule has 74 valence electrons. The van der Waals surface area contributed by atoms with E-state index >= 15 is 0 Å². The number of nitrogens with zero attached hydrogens (tertiary/aromatic N) is 1. The van der Waals surface area contributed by atoms with Gasteiger partial charge in [-0.1, -0.05) is 0 Å². The summed E-state index contributed by atoms with van der Waals surface area (Å²) in [5.74, 6) is -0.924. The zero-order valence-electron chi connectivity index (χ0n) is 7.73. The Bertz CT molecular complexity index is 337. The van der Waals surface area contributed by atoms with Gasteiger partial charge in [0.1, 0.15) is 6.04 Å². The fraction of sp³-hybridized carbons (Fsp3) is 0.222. The van der Waals surface area contributed by atoms with E-state index in [0.29, 0.717) is 5.56 Å². The van der Waals surface area contributed by atoms with Crippen LogP contribution in [0.3, 0.4) is 0 Å². The maximum absolute atomic E-state index is 11.4. The Morgan fingerprint density at radius 1 is 1.57 bits per heavy atom. The summed E-state index contributed by atoms with van der Waals surface area (Å²) in [6.07, 6.45) is 2.98. The van der Waals surface area contributed by atoms with Crippen molar-refractivity contribution in [3.8, 4) is 0 Å². The van der Waals surface area contributed by atoms with Crippen LogP contribution in [0, 0.1) is 0 Å². The molecular formula is C9H11N3O2. The van der Waals surface area contributed by atoms with Crippen LogP contribution < -0.4 is 11.1 Å². The molecule has 1 aromatic rings. The number of amides is 2. The van der Waals surface area contributed by atoms with Crippen molar-refractivity contribution in [1.29, 1.82) is 0 Å². The van der Waals surface area contributed by atoms with Gasteiger partial charge in [-0.15, -0.1) is 0 Å². The highest BCUT2D eigenvalue weighted by atomic mass is 16.2. The van der Waals surface area contributed by atoms with Crippen molar-refractivity contribution in [3.63, 3.8) is 0 Å². The highest BCUT2D eigenvalue weighted by Crippen LogP contribution is 1.95. The van der Waals surface area contributed by atoms with Crippen LogP contribution in [0.5, 0.6) is 0 Å². The number of nitrogens with one attached hydrogen (secondary N) is 1. The number of primary amides is 1. The Morgan fingerprint density at radius 2 is 2.29 bits per heavy atom. The Balaban J connectivity index is 2.64. The lowest BCUT2D eigenvalue weighted by atomic mass is 10.2. The molecule has 5 heteroatoms. The number of nitrogens with two attached hydrogens (primary N) is 1. The van der Waals surface area contributed by atoms with Crippen molar-refractivity contribution >= 4 is 11.8 Å². The molecule has 1 rings (SSSR count). The lowest BCUT2D eigenvalue weighted by Gasteiger charge is -2.09. The van der Waals surface area contributed by atoms with Crippen LogP contribution in [0.4, 0.5) is 0 Å². The van der Waals surface area contributed by atoms with Gasteiger partial charge in [0.25, 0.3) is 5.91 Å². The lowest BCUT2D eigenvalue weighted by molar-refractivity contribution is -0.119. The summed E-state index contributed by atoms with van der Waals surface area (Å²) >= 11 is 0. The molecule has 0 bridgehead atoms. The summed E-state index contributed by atoms with van der Waals surface area (Å²) in [6.45, 7) is 1.52. The highest BCUT2D eigenvalue weighted by molar-refractivity contribution is 5.96. The van der Waals surface area contributed by atoms with Crippen molar-refractivity contribution in [1.82, 2.24) is 10.3 Å². The van der Waals surface area contributed by atoms with Crippen molar-refractivity contribution < 1.29 is 9.59 Å². The molecular weight excluding hydrogens is 182 g/mol.